The van der Waals surface area contributed by atoms with E-state index in [0.717, 1.165) is 43.6 Å². The van der Waals surface area contributed by atoms with Crippen molar-refractivity contribution in [1.82, 2.24) is 14.9 Å². The highest BCUT2D eigenvalue weighted by Gasteiger charge is 2.31. The molecule has 8 nitrogen and oxygen atoms in total. The van der Waals surface area contributed by atoms with E-state index in [0.29, 0.717) is 17.3 Å². The van der Waals surface area contributed by atoms with Crippen LogP contribution in [0, 0.1) is 0 Å². The van der Waals surface area contributed by atoms with E-state index in [1.165, 1.54) is 25.2 Å². The number of rotatable bonds is 7. The lowest BCUT2D eigenvalue weighted by Gasteiger charge is -2.36. The topological polar surface area (TPSA) is 85.4 Å². The lowest BCUT2D eigenvalue weighted by atomic mass is 10.2. The quantitative estimate of drug-likeness (QED) is 0.624. The van der Waals surface area contributed by atoms with Gasteiger partial charge >= 0.3 is 0 Å². The third kappa shape index (κ3) is 4.65. The van der Waals surface area contributed by atoms with E-state index in [-0.39, 0.29) is 5.91 Å². The molecule has 152 valence electrons. The van der Waals surface area contributed by atoms with Crippen LogP contribution in [0.4, 0.5) is 28.7 Å². The molecule has 0 bridgehead atoms. The first-order valence-corrected chi connectivity index (χ1v) is 9.99. The molecule has 2 aliphatic rings. The SMILES string of the molecule is C=CC(=O)Nc1cc(N2CCN(C3CC3)CC2)ccc1Nc1cc(NC)ncn1. The molecular formula is C21H27N7O. The Bertz CT molecular complexity index is 888. The zero-order valence-corrected chi connectivity index (χ0v) is 16.7. The predicted octanol–water partition coefficient (Wildman–Crippen LogP) is 2.67. The van der Waals surface area contributed by atoms with Gasteiger partial charge in [0.05, 0.1) is 11.4 Å². The molecule has 1 saturated heterocycles. The maximum Gasteiger partial charge on any atom is 0.247 e. The summed E-state index contributed by atoms with van der Waals surface area (Å²) in [6, 6.07) is 8.68. The fourth-order valence-corrected chi connectivity index (χ4v) is 3.61. The lowest BCUT2D eigenvalue weighted by molar-refractivity contribution is -0.111. The van der Waals surface area contributed by atoms with Crippen LogP contribution in [0.2, 0.25) is 0 Å². The highest BCUT2D eigenvalue weighted by Crippen LogP contribution is 2.32. The van der Waals surface area contributed by atoms with E-state index in [4.69, 9.17) is 0 Å². The van der Waals surface area contributed by atoms with Gasteiger partial charge in [-0.05, 0) is 37.1 Å². The molecule has 1 aliphatic carbocycles. The van der Waals surface area contributed by atoms with Crippen molar-refractivity contribution < 1.29 is 4.79 Å². The van der Waals surface area contributed by atoms with E-state index in [1.54, 1.807) is 7.05 Å². The molecule has 1 amide bonds. The van der Waals surface area contributed by atoms with E-state index in [9.17, 15) is 4.79 Å². The van der Waals surface area contributed by atoms with Gasteiger partial charge in [-0.1, -0.05) is 6.58 Å². The van der Waals surface area contributed by atoms with Crippen LogP contribution in [0.1, 0.15) is 12.8 Å². The van der Waals surface area contributed by atoms with E-state index in [1.807, 2.05) is 18.2 Å². The first kappa shape index (κ1) is 19.2. The molecule has 1 aliphatic heterocycles. The van der Waals surface area contributed by atoms with Gasteiger partial charge < -0.3 is 20.9 Å². The fourth-order valence-electron chi connectivity index (χ4n) is 3.61. The number of carbonyl (C=O) groups excluding carboxylic acids is 1. The highest BCUT2D eigenvalue weighted by molar-refractivity contribution is 6.02. The Hall–Kier alpha value is -3.13. The van der Waals surface area contributed by atoms with Crippen LogP contribution < -0.4 is 20.9 Å². The molecule has 2 aromatic rings. The summed E-state index contributed by atoms with van der Waals surface area (Å²) in [5, 5.41) is 9.17. The summed E-state index contributed by atoms with van der Waals surface area (Å²) in [7, 11) is 1.81. The maximum atomic E-state index is 12.0. The molecule has 0 radical (unpaired) electrons. The molecule has 8 heteroatoms. The summed E-state index contributed by atoms with van der Waals surface area (Å²) in [5.74, 6) is 1.11. The Labute approximate surface area is 171 Å². The van der Waals surface area contributed by atoms with Gasteiger partial charge in [0.2, 0.25) is 5.91 Å². The third-order valence-electron chi connectivity index (χ3n) is 5.38. The normalized spacial score (nSPS) is 16.9. The van der Waals surface area contributed by atoms with Crippen molar-refractivity contribution in [2.75, 3.05) is 54.1 Å². The predicted molar refractivity (Wildman–Crippen MR) is 117 cm³/mol. The van der Waals surface area contributed by atoms with Gasteiger partial charge in [0.25, 0.3) is 0 Å². The van der Waals surface area contributed by atoms with Crippen molar-refractivity contribution in [2.45, 2.75) is 18.9 Å². The van der Waals surface area contributed by atoms with Crippen LogP contribution in [-0.2, 0) is 4.79 Å². The summed E-state index contributed by atoms with van der Waals surface area (Å²) in [5.41, 5.74) is 2.56. The van der Waals surface area contributed by atoms with Crippen molar-refractivity contribution in [3.05, 3.63) is 43.2 Å². The van der Waals surface area contributed by atoms with Crippen molar-refractivity contribution in [3.8, 4) is 0 Å². The molecule has 29 heavy (non-hydrogen) atoms. The molecule has 4 rings (SSSR count). The third-order valence-corrected chi connectivity index (χ3v) is 5.38. The molecule has 0 spiro atoms. The van der Waals surface area contributed by atoms with E-state index in [2.05, 4.69) is 48.4 Å². The first-order valence-electron chi connectivity index (χ1n) is 9.99. The number of hydrogen-bond acceptors (Lipinski definition) is 7. The Morgan fingerprint density at radius 1 is 1.10 bits per heavy atom. The van der Waals surface area contributed by atoms with Crippen LogP contribution >= 0.6 is 0 Å². The minimum atomic E-state index is -0.248. The highest BCUT2D eigenvalue weighted by atomic mass is 16.1. The zero-order chi connectivity index (χ0) is 20.2. The Morgan fingerprint density at radius 3 is 2.55 bits per heavy atom. The zero-order valence-electron chi connectivity index (χ0n) is 16.7. The number of aromatic nitrogens is 2. The lowest BCUT2D eigenvalue weighted by Crippen LogP contribution is -2.47. The van der Waals surface area contributed by atoms with Gasteiger partial charge in [0.1, 0.15) is 18.0 Å². The van der Waals surface area contributed by atoms with Gasteiger partial charge in [-0.15, -0.1) is 0 Å². The van der Waals surface area contributed by atoms with Crippen LogP contribution in [0.5, 0.6) is 0 Å². The summed E-state index contributed by atoms with van der Waals surface area (Å²) in [6.45, 7) is 7.73. The molecule has 2 heterocycles. The van der Waals surface area contributed by atoms with E-state index >= 15 is 0 Å². The van der Waals surface area contributed by atoms with Gasteiger partial charge in [0, 0.05) is 51.0 Å². The number of piperazine rings is 1. The molecule has 1 aromatic heterocycles. The Balaban J connectivity index is 1.54. The van der Waals surface area contributed by atoms with Crippen LogP contribution in [0.25, 0.3) is 0 Å². The van der Waals surface area contributed by atoms with Crippen molar-refractivity contribution in [2.24, 2.45) is 0 Å². The largest absolute Gasteiger partial charge is 0.373 e. The first-order chi connectivity index (χ1) is 14.2. The second-order valence-electron chi connectivity index (χ2n) is 7.34. The van der Waals surface area contributed by atoms with Crippen molar-refractivity contribution >= 4 is 34.6 Å². The monoisotopic (exact) mass is 393 g/mol. The molecular weight excluding hydrogens is 366 g/mol. The summed E-state index contributed by atoms with van der Waals surface area (Å²) in [4.78, 5) is 25.3. The number of anilines is 5. The maximum absolute atomic E-state index is 12.0. The van der Waals surface area contributed by atoms with Crippen molar-refractivity contribution in [3.63, 3.8) is 0 Å². The molecule has 1 saturated carbocycles. The van der Waals surface area contributed by atoms with Crippen LogP contribution in [0.15, 0.2) is 43.2 Å². The number of nitrogens with zero attached hydrogens (tertiary/aromatic N) is 4. The number of carbonyl (C=O) groups is 1. The van der Waals surface area contributed by atoms with Gasteiger partial charge in [-0.2, -0.15) is 0 Å². The van der Waals surface area contributed by atoms with Crippen LogP contribution in [-0.4, -0.2) is 60.0 Å². The van der Waals surface area contributed by atoms with Crippen LogP contribution in [0.3, 0.4) is 0 Å². The second kappa shape index (κ2) is 8.48. The van der Waals surface area contributed by atoms with Gasteiger partial charge in [-0.3, -0.25) is 9.69 Å². The Morgan fingerprint density at radius 2 is 1.86 bits per heavy atom. The molecule has 0 atom stereocenters. The van der Waals surface area contributed by atoms with Gasteiger partial charge in [0.15, 0.2) is 0 Å². The average molecular weight is 393 g/mol. The smallest absolute Gasteiger partial charge is 0.247 e. The number of nitrogens with one attached hydrogen (secondary N) is 3. The fraction of sp³-hybridized carbons (Fsp3) is 0.381. The number of hydrogen-bond donors (Lipinski definition) is 3. The molecule has 0 unspecified atom stereocenters. The summed E-state index contributed by atoms with van der Waals surface area (Å²) < 4.78 is 0. The van der Waals surface area contributed by atoms with Crippen molar-refractivity contribution in [1.29, 1.82) is 0 Å². The number of amides is 1. The average Bonchev–Trinajstić information content (AvgIpc) is 3.60. The molecule has 2 fully saturated rings. The Kier molecular flexibility index (Phi) is 5.62. The summed E-state index contributed by atoms with van der Waals surface area (Å²) >= 11 is 0. The van der Waals surface area contributed by atoms with E-state index < -0.39 is 0 Å². The van der Waals surface area contributed by atoms with Gasteiger partial charge in [-0.25, -0.2) is 9.97 Å². The summed E-state index contributed by atoms with van der Waals surface area (Å²) in [6.07, 6.45) is 5.45. The standard InChI is InChI=1S/C21H27N7O/c1-3-21(29)26-18-12-16(28-10-8-27(9-11-28)15-4-5-15)6-7-17(18)25-20-13-19(22-2)23-14-24-20/h3,6-7,12-15H,1,4-5,8-11H2,2H3,(H,26,29)(H2,22,23,24,25). The minimum absolute atomic E-state index is 0.248. The molecule has 1 aromatic carbocycles. The minimum Gasteiger partial charge on any atom is -0.373 e. The second-order valence-corrected chi connectivity index (χ2v) is 7.34. The number of benzene rings is 1. The molecule has 3 N–H and O–H groups in total.